The van der Waals surface area contributed by atoms with Gasteiger partial charge in [-0.1, -0.05) is 36.6 Å². The van der Waals surface area contributed by atoms with Gasteiger partial charge in [0.05, 0.1) is 4.91 Å². The van der Waals surface area contributed by atoms with Crippen molar-refractivity contribution < 1.29 is 4.79 Å². The molecule has 2 nitrogen and oxygen atoms in total. The minimum absolute atomic E-state index is 0.00704. The van der Waals surface area contributed by atoms with Crippen LogP contribution < -0.4 is 0 Å². The predicted molar refractivity (Wildman–Crippen MR) is 55.9 cm³/mol. The first kappa shape index (κ1) is 9.48. The van der Waals surface area contributed by atoms with Gasteiger partial charge < -0.3 is 0 Å². The van der Waals surface area contributed by atoms with Crippen molar-refractivity contribution in [1.29, 1.82) is 0 Å². The number of thiocarbonyl (C=S) groups is 1. The Labute approximate surface area is 81.3 Å². The van der Waals surface area contributed by atoms with E-state index in [1.165, 1.54) is 11.8 Å². The summed E-state index contributed by atoms with van der Waals surface area (Å²) in [6.07, 6.45) is 3.29. The fourth-order valence-corrected chi connectivity index (χ4v) is 2.25. The largest absolute Gasteiger partial charge is 0.293 e. The maximum absolute atomic E-state index is 11.4. The van der Waals surface area contributed by atoms with E-state index in [1.807, 2.05) is 6.92 Å². The second kappa shape index (κ2) is 3.87. The van der Waals surface area contributed by atoms with Gasteiger partial charge in [0.1, 0.15) is 4.32 Å². The van der Waals surface area contributed by atoms with Crippen molar-refractivity contribution in [1.82, 2.24) is 4.90 Å². The molecule has 0 aromatic carbocycles. The maximum Gasteiger partial charge on any atom is 0.266 e. The third-order valence-corrected chi connectivity index (χ3v) is 2.86. The standard InChI is InChI=1S/C8H9NOS2/c1-3-5-6-7(10)9(4-2)8(11)12-6/h3,5H,1,4H2,2H3/b6-5-. The average molecular weight is 199 g/mol. The zero-order valence-electron chi connectivity index (χ0n) is 6.74. The second-order valence-corrected chi connectivity index (χ2v) is 3.86. The Hall–Kier alpha value is -0.610. The van der Waals surface area contributed by atoms with Gasteiger partial charge in [-0.25, -0.2) is 0 Å². The van der Waals surface area contributed by atoms with E-state index in [-0.39, 0.29) is 5.91 Å². The second-order valence-electron chi connectivity index (χ2n) is 2.18. The van der Waals surface area contributed by atoms with E-state index in [2.05, 4.69) is 6.58 Å². The molecule has 1 aliphatic rings. The molecular formula is C8H9NOS2. The van der Waals surface area contributed by atoms with E-state index in [9.17, 15) is 4.79 Å². The van der Waals surface area contributed by atoms with Gasteiger partial charge in [-0.2, -0.15) is 0 Å². The molecule has 0 radical (unpaired) electrons. The quantitative estimate of drug-likeness (QED) is 0.501. The lowest BCUT2D eigenvalue weighted by molar-refractivity contribution is -0.122. The predicted octanol–water partition coefficient (Wildman–Crippen LogP) is 1.94. The lowest BCUT2D eigenvalue weighted by Crippen LogP contribution is -2.27. The minimum atomic E-state index is -0.00704. The Morgan fingerprint density at radius 1 is 1.75 bits per heavy atom. The van der Waals surface area contributed by atoms with Gasteiger partial charge in [0, 0.05) is 6.54 Å². The summed E-state index contributed by atoms with van der Waals surface area (Å²) in [5.74, 6) is -0.00704. The zero-order valence-corrected chi connectivity index (χ0v) is 8.37. The van der Waals surface area contributed by atoms with Crippen LogP contribution >= 0.6 is 24.0 Å². The van der Waals surface area contributed by atoms with E-state index in [0.29, 0.717) is 15.8 Å². The zero-order chi connectivity index (χ0) is 9.14. The molecule has 1 heterocycles. The number of amides is 1. The van der Waals surface area contributed by atoms with Crippen LogP contribution in [0.15, 0.2) is 23.6 Å². The first-order valence-corrected chi connectivity index (χ1v) is 4.79. The van der Waals surface area contributed by atoms with Crippen LogP contribution in [0.1, 0.15) is 6.92 Å². The summed E-state index contributed by atoms with van der Waals surface area (Å²) >= 11 is 6.33. The maximum atomic E-state index is 11.4. The molecule has 1 rings (SSSR count). The fourth-order valence-electron chi connectivity index (χ4n) is 0.894. The molecule has 0 bridgehead atoms. The number of nitrogens with zero attached hydrogens (tertiary/aromatic N) is 1. The number of thioether (sulfide) groups is 1. The number of hydrogen-bond acceptors (Lipinski definition) is 3. The molecule has 0 aliphatic carbocycles. The van der Waals surface area contributed by atoms with Crippen LogP contribution in [0.4, 0.5) is 0 Å². The topological polar surface area (TPSA) is 20.3 Å². The molecule has 0 atom stereocenters. The number of hydrogen-bond donors (Lipinski definition) is 0. The Kier molecular flexibility index (Phi) is 3.05. The molecule has 1 saturated heterocycles. The first-order valence-electron chi connectivity index (χ1n) is 3.57. The van der Waals surface area contributed by atoms with Crippen LogP contribution in [-0.2, 0) is 4.79 Å². The van der Waals surface area contributed by atoms with Crippen LogP contribution in [0, 0.1) is 0 Å². The molecule has 12 heavy (non-hydrogen) atoms. The highest BCUT2D eigenvalue weighted by Gasteiger charge is 2.29. The lowest BCUT2D eigenvalue weighted by atomic mass is 10.4. The highest BCUT2D eigenvalue weighted by atomic mass is 32.2. The molecule has 0 spiro atoms. The smallest absolute Gasteiger partial charge is 0.266 e. The van der Waals surface area contributed by atoms with Crippen molar-refractivity contribution in [2.45, 2.75) is 6.92 Å². The fraction of sp³-hybridized carbons (Fsp3) is 0.250. The number of likely N-dealkylation sites (N-methyl/N-ethyl adjacent to an activating group) is 1. The van der Waals surface area contributed by atoms with E-state index >= 15 is 0 Å². The summed E-state index contributed by atoms with van der Waals surface area (Å²) in [5.41, 5.74) is 0. The van der Waals surface area contributed by atoms with Crippen molar-refractivity contribution in [3.63, 3.8) is 0 Å². The Balaban J connectivity index is 2.89. The summed E-state index contributed by atoms with van der Waals surface area (Å²) < 4.78 is 0.635. The summed E-state index contributed by atoms with van der Waals surface area (Å²) in [6.45, 7) is 6.07. The molecular weight excluding hydrogens is 190 g/mol. The number of allylic oxidation sites excluding steroid dienone is 2. The van der Waals surface area contributed by atoms with Crippen LogP contribution in [0.3, 0.4) is 0 Å². The highest BCUT2D eigenvalue weighted by molar-refractivity contribution is 8.26. The number of rotatable bonds is 2. The summed E-state index contributed by atoms with van der Waals surface area (Å²) in [5, 5.41) is 0. The number of carbonyl (C=O) groups is 1. The summed E-state index contributed by atoms with van der Waals surface area (Å²) in [6, 6.07) is 0. The molecule has 1 amide bonds. The normalized spacial score (nSPS) is 20.8. The summed E-state index contributed by atoms with van der Waals surface area (Å²) in [7, 11) is 0. The van der Waals surface area contributed by atoms with Crippen molar-refractivity contribution >= 4 is 34.2 Å². The van der Waals surface area contributed by atoms with Gasteiger partial charge in [0.15, 0.2) is 0 Å². The average Bonchev–Trinajstić information content (AvgIpc) is 2.29. The van der Waals surface area contributed by atoms with Gasteiger partial charge in [-0.15, -0.1) is 0 Å². The van der Waals surface area contributed by atoms with Crippen LogP contribution in [0.2, 0.25) is 0 Å². The van der Waals surface area contributed by atoms with Gasteiger partial charge in [0.25, 0.3) is 5.91 Å². The molecule has 64 valence electrons. The third kappa shape index (κ3) is 1.59. The number of carbonyl (C=O) groups excluding carboxylic acids is 1. The van der Waals surface area contributed by atoms with Gasteiger partial charge in [-0.3, -0.25) is 9.69 Å². The highest BCUT2D eigenvalue weighted by Crippen LogP contribution is 2.30. The van der Waals surface area contributed by atoms with Crippen molar-refractivity contribution in [2.24, 2.45) is 0 Å². The molecule has 1 aliphatic heterocycles. The van der Waals surface area contributed by atoms with E-state index in [4.69, 9.17) is 12.2 Å². The minimum Gasteiger partial charge on any atom is -0.293 e. The molecule has 0 N–H and O–H groups in total. The molecule has 0 aromatic heterocycles. The Bertz CT molecular complexity index is 270. The lowest BCUT2D eigenvalue weighted by Gasteiger charge is -2.09. The van der Waals surface area contributed by atoms with E-state index in [1.54, 1.807) is 17.1 Å². The van der Waals surface area contributed by atoms with Crippen molar-refractivity contribution in [3.05, 3.63) is 23.6 Å². The molecule has 1 fully saturated rings. The van der Waals surface area contributed by atoms with E-state index in [0.717, 1.165) is 0 Å². The Morgan fingerprint density at radius 2 is 2.42 bits per heavy atom. The Morgan fingerprint density at radius 3 is 2.83 bits per heavy atom. The molecule has 4 heteroatoms. The van der Waals surface area contributed by atoms with Crippen molar-refractivity contribution in [3.8, 4) is 0 Å². The molecule has 0 unspecified atom stereocenters. The molecule has 0 saturated carbocycles. The van der Waals surface area contributed by atoms with E-state index < -0.39 is 0 Å². The van der Waals surface area contributed by atoms with Crippen LogP contribution in [-0.4, -0.2) is 21.7 Å². The summed E-state index contributed by atoms with van der Waals surface area (Å²) in [4.78, 5) is 13.7. The molecule has 0 aromatic rings. The third-order valence-electron chi connectivity index (χ3n) is 1.46. The van der Waals surface area contributed by atoms with Gasteiger partial charge >= 0.3 is 0 Å². The van der Waals surface area contributed by atoms with Crippen LogP contribution in [0.25, 0.3) is 0 Å². The van der Waals surface area contributed by atoms with Gasteiger partial charge in [-0.05, 0) is 13.0 Å². The first-order chi connectivity index (χ1) is 5.70. The monoisotopic (exact) mass is 199 g/mol. The van der Waals surface area contributed by atoms with Crippen molar-refractivity contribution in [2.75, 3.05) is 6.54 Å². The van der Waals surface area contributed by atoms with Crippen LogP contribution in [0.5, 0.6) is 0 Å². The van der Waals surface area contributed by atoms with Gasteiger partial charge in [0.2, 0.25) is 0 Å². The SMILES string of the molecule is C=C/C=C1\SC(=S)N(CC)C1=O.